The highest BCUT2D eigenvalue weighted by Gasteiger charge is 2.51. The standard InChI is InChI=1S/C24H21ClN2O5/c25-20-13-16(15-7-10-26(11-8-15)23(30)31)5-6-18(20)21(28)27-12-9-24(14-27)19-4-2-1-3-17(19)22(29)32-24/h1-7,13H,8-12,14H2,(H,30,31)/t24-/m0/s1. The number of nitrogens with zero attached hydrogens (tertiary/aromatic N) is 2. The summed E-state index contributed by atoms with van der Waals surface area (Å²) in [4.78, 5) is 39.6. The Morgan fingerprint density at radius 1 is 1.09 bits per heavy atom. The molecule has 32 heavy (non-hydrogen) atoms. The van der Waals surface area contributed by atoms with E-state index < -0.39 is 11.7 Å². The predicted octanol–water partition coefficient (Wildman–Crippen LogP) is 4.02. The van der Waals surface area contributed by atoms with E-state index in [1.54, 1.807) is 29.2 Å². The first-order valence-corrected chi connectivity index (χ1v) is 10.8. The lowest BCUT2D eigenvalue weighted by Crippen LogP contribution is -2.34. The van der Waals surface area contributed by atoms with Crippen LogP contribution < -0.4 is 0 Å². The Kier molecular flexibility index (Phi) is 4.93. The molecule has 0 bridgehead atoms. The van der Waals surface area contributed by atoms with Crippen molar-refractivity contribution in [2.75, 3.05) is 26.2 Å². The summed E-state index contributed by atoms with van der Waals surface area (Å²) in [6.45, 7) is 1.52. The number of fused-ring (bicyclic) bond motifs is 2. The van der Waals surface area contributed by atoms with Crippen LogP contribution in [0.2, 0.25) is 5.02 Å². The molecule has 164 valence electrons. The molecule has 1 spiro atoms. The van der Waals surface area contributed by atoms with Crippen LogP contribution in [0.3, 0.4) is 0 Å². The molecular formula is C24H21ClN2O5. The van der Waals surface area contributed by atoms with Gasteiger partial charge in [-0.3, -0.25) is 4.79 Å². The molecule has 0 saturated carbocycles. The Hall–Kier alpha value is -3.32. The SMILES string of the molecule is O=C1O[C@]2(CCN(C(=O)c3ccc(C4=CCN(C(=O)O)CC4)cc3Cl)C2)c2ccccc21. The molecule has 2 aromatic carbocycles. The summed E-state index contributed by atoms with van der Waals surface area (Å²) in [6, 6.07) is 12.6. The second-order valence-electron chi connectivity index (χ2n) is 8.31. The molecule has 2 aromatic rings. The number of hydrogen-bond acceptors (Lipinski definition) is 4. The highest BCUT2D eigenvalue weighted by Crippen LogP contribution is 2.43. The smallest absolute Gasteiger partial charge is 0.407 e. The Bertz CT molecular complexity index is 1180. The molecule has 1 atom stereocenters. The van der Waals surface area contributed by atoms with E-state index in [0.717, 1.165) is 16.7 Å². The molecule has 0 radical (unpaired) electrons. The molecule has 0 unspecified atom stereocenters. The summed E-state index contributed by atoms with van der Waals surface area (Å²) in [5, 5.41) is 9.44. The molecular weight excluding hydrogens is 432 g/mol. The van der Waals surface area contributed by atoms with Crippen molar-refractivity contribution >= 4 is 35.1 Å². The Morgan fingerprint density at radius 3 is 2.62 bits per heavy atom. The Balaban J connectivity index is 1.34. The number of hydrogen-bond donors (Lipinski definition) is 1. The van der Waals surface area contributed by atoms with Crippen molar-refractivity contribution in [3.8, 4) is 0 Å². The van der Waals surface area contributed by atoms with Crippen LogP contribution in [0.4, 0.5) is 4.79 Å². The molecule has 2 amide bonds. The first-order chi connectivity index (χ1) is 15.4. The number of halogens is 1. The maximum atomic E-state index is 13.2. The molecule has 7 nitrogen and oxygen atoms in total. The van der Waals surface area contributed by atoms with Crippen LogP contribution in [0.15, 0.2) is 48.5 Å². The van der Waals surface area contributed by atoms with Crippen LogP contribution in [0.5, 0.6) is 0 Å². The van der Waals surface area contributed by atoms with Gasteiger partial charge in [0.2, 0.25) is 0 Å². The average Bonchev–Trinajstić information content (AvgIpc) is 3.35. The van der Waals surface area contributed by atoms with E-state index in [-0.39, 0.29) is 11.9 Å². The summed E-state index contributed by atoms with van der Waals surface area (Å²) < 4.78 is 5.73. The van der Waals surface area contributed by atoms with Crippen molar-refractivity contribution in [3.05, 3.63) is 75.8 Å². The van der Waals surface area contributed by atoms with Gasteiger partial charge >= 0.3 is 12.1 Å². The Morgan fingerprint density at radius 2 is 1.91 bits per heavy atom. The third-order valence-electron chi connectivity index (χ3n) is 6.49. The van der Waals surface area contributed by atoms with Crippen LogP contribution in [0.25, 0.3) is 5.57 Å². The molecule has 3 heterocycles. The highest BCUT2D eigenvalue weighted by molar-refractivity contribution is 6.34. The van der Waals surface area contributed by atoms with Gasteiger partial charge in [0.15, 0.2) is 5.60 Å². The van der Waals surface area contributed by atoms with E-state index in [1.807, 2.05) is 24.3 Å². The van der Waals surface area contributed by atoms with E-state index in [2.05, 4.69) is 0 Å². The summed E-state index contributed by atoms with van der Waals surface area (Å²) in [6.07, 6.45) is 2.08. The van der Waals surface area contributed by atoms with E-state index in [4.69, 9.17) is 21.4 Å². The van der Waals surface area contributed by atoms with Crippen molar-refractivity contribution in [1.29, 1.82) is 0 Å². The molecule has 5 rings (SSSR count). The van der Waals surface area contributed by atoms with Crippen molar-refractivity contribution in [2.45, 2.75) is 18.4 Å². The number of likely N-dealkylation sites (tertiary alicyclic amines) is 1. The summed E-state index contributed by atoms with van der Waals surface area (Å²) in [7, 11) is 0. The number of esters is 1. The lowest BCUT2D eigenvalue weighted by Gasteiger charge is -2.25. The minimum absolute atomic E-state index is 0.200. The number of carbonyl (C=O) groups is 3. The van der Waals surface area contributed by atoms with E-state index in [9.17, 15) is 14.4 Å². The average molecular weight is 453 g/mol. The van der Waals surface area contributed by atoms with Gasteiger partial charge in [-0.2, -0.15) is 0 Å². The van der Waals surface area contributed by atoms with Gasteiger partial charge in [-0.25, -0.2) is 9.59 Å². The zero-order chi connectivity index (χ0) is 22.5. The van der Waals surface area contributed by atoms with E-state index in [1.165, 1.54) is 4.90 Å². The minimum atomic E-state index is -0.932. The lowest BCUT2D eigenvalue weighted by molar-refractivity contribution is -0.00306. The maximum Gasteiger partial charge on any atom is 0.407 e. The van der Waals surface area contributed by atoms with Gasteiger partial charge in [-0.05, 0) is 35.8 Å². The van der Waals surface area contributed by atoms with Gasteiger partial charge in [-0.1, -0.05) is 41.9 Å². The maximum absolute atomic E-state index is 13.2. The second-order valence-corrected chi connectivity index (χ2v) is 8.72. The van der Waals surface area contributed by atoms with Crippen molar-refractivity contribution in [1.82, 2.24) is 9.80 Å². The number of ether oxygens (including phenoxy) is 1. The highest BCUT2D eigenvalue weighted by atomic mass is 35.5. The van der Waals surface area contributed by atoms with Gasteiger partial charge in [-0.15, -0.1) is 0 Å². The fourth-order valence-electron chi connectivity index (χ4n) is 4.77. The molecule has 0 aromatic heterocycles. The zero-order valence-corrected chi connectivity index (χ0v) is 18.0. The van der Waals surface area contributed by atoms with E-state index in [0.29, 0.717) is 55.2 Å². The monoisotopic (exact) mass is 452 g/mol. The molecule has 1 fully saturated rings. The number of carbonyl (C=O) groups excluding carboxylic acids is 2. The Labute approximate surface area is 189 Å². The quantitative estimate of drug-likeness (QED) is 0.695. The number of benzene rings is 2. The summed E-state index contributed by atoms with van der Waals surface area (Å²) >= 11 is 6.49. The summed E-state index contributed by atoms with van der Waals surface area (Å²) in [5.41, 5.74) is 2.89. The topological polar surface area (TPSA) is 87.2 Å². The zero-order valence-electron chi connectivity index (χ0n) is 17.2. The summed E-state index contributed by atoms with van der Waals surface area (Å²) in [5.74, 6) is -0.548. The normalized spacial score (nSPS) is 22.0. The molecule has 3 aliphatic rings. The first kappa shape index (κ1) is 20.6. The van der Waals surface area contributed by atoms with Crippen LogP contribution in [0, 0.1) is 0 Å². The van der Waals surface area contributed by atoms with Crippen molar-refractivity contribution < 1.29 is 24.2 Å². The van der Waals surface area contributed by atoms with Gasteiger partial charge in [0, 0.05) is 31.6 Å². The van der Waals surface area contributed by atoms with Crippen LogP contribution in [-0.2, 0) is 10.3 Å². The van der Waals surface area contributed by atoms with Gasteiger partial charge < -0.3 is 19.6 Å². The second kappa shape index (κ2) is 7.67. The predicted molar refractivity (Wildman–Crippen MR) is 118 cm³/mol. The molecule has 3 aliphatic heterocycles. The fourth-order valence-corrected chi connectivity index (χ4v) is 5.03. The first-order valence-electron chi connectivity index (χ1n) is 10.5. The fraction of sp³-hybridized carbons (Fsp3) is 0.292. The third-order valence-corrected chi connectivity index (χ3v) is 6.81. The van der Waals surface area contributed by atoms with E-state index >= 15 is 0 Å². The molecule has 0 aliphatic carbocycles. The number of rotatable bonds is 2. The minimum Gasteiger partial charge on any atom is -0.465 e. The lowest BCUT2D eigenvalue weighted by atomic mass is 9.91. The van der Waals surface area contributed by atoms with Crippen LogP contribution in [0.1, 0.15) is 44.7 Å². The van der Waals surface area contributed by atoms with Gasteiger partial charge in [0.1, 0.15) is 0 Å². The van der Waals surface area contributed by atoms with Gasteiger partial charge in [0.25, 0.3) is 5.91 Å². The van der Waals surface area contributed by atoms with Crippen molar-refractivity contribution in [2.24, 2.45) is 0 Å². The number of amides is 2. The number of carboxylic acid groups (broad SMARTS) is 1. The van der Waals surface area contributed by atoms with Gasteiger partial charge in [0.05, 0.1) is 22.7 Å². The van der Waals surface area contributed by atoms with Crippen LogP contribution in [-0.4, -0.2) is 59.1 Å². The molecule has 1 N–H and O–H groups in total. The molecule has 1 saturated heterocycles. The molecule has 8 heteroatoms. The van der Waals surface area contributed by atoms with Crippen molar-refractivity contribution in [3.63, 3.8) is 0 Å². The largest absolute Gasteiger partial charge is 0.465 e. The third kappa shape index (κ3) is 3.33. The van der Waals surface area contributed by atoms with Crippen LogP contribution >= 0.6 is 11.6 Å².